The van der Waals surface area contributed by atoms with Crippen LogP contribution < -0.4 is 10.6 Å². The maximum absolute atomic E-state index is 4.65. The Kier molecular flexibility index (Phi) is 4.45. The Hall–Kier alpha value is -2.92. The van der Waals surface area contributed by atoms with Crippen LogP contribution in [0.5, 0.6) is 0 Å². The first-order valence-corrected chi connectivity index (χ1v) is 10.0. The van der Waals surface area contributed by atoms with Crippen molar-refractivity contribution < 1.29 is 0 Å². The van der Waals surface area contributed by atoms with Crippen molar-refractivity contribution in [1.29, 1.82) is 0 Å². The van der Waals surface area contributed by atoms with E-state index in [0.29, 0.717) is 12.1 Å². The van der Waals surface area contributed by atoms with Crippen molar-refractivity contribution in [2.24, 2.45) is 0 Å². The molecule has 5 nitrogen and oxygen atoms in total. The second-order valence-corrected chi connectivity index (χ2v) is 7.66. The molecule has 3 unspecified atom stereocenters. The minimum atomic E-state index is 0.168. The molecule has 142 valence electrons. The van der Waals surface area contributed by atoms with Crippen LogP contribution >= 0.6 is 0 Å². The summed E-state index contributed by atoms with van der Waals surface area (Å²) in [5, 5.41) is 7.55. The van der Waals surface area contributed by atoms with E-state index in [1.54, 1.807) is 0 Å². The van der Waals surface area contributed by atoms with Crippen LogP contribution in [0.15, 0.2) is 73.0 Å². The summed E-state index contributed by atoms with van der Waals surface area (Å²) in [6, 6.07) is 8.91. The van der Waals surface area contributed by atoms with E-state index < -0.39 is 0 Å². The number of fused-ring (bicyclic) bond motifs is 1. The zero-order valence-corrected chi connectivity index (χ0v) is 16.0. The summed E-state index contributed by atoms with van der Waals surface area (Å²) in [6.07, 6.45) is 18.0. The van der Waals surface area contributed by atoms with Crippen LogP contribution in [0, 0.1) is 6.92 Å². The molecule has 3 aliphatic heterocycles. The molecule has 3 aliphatic rings. The Balaban J connectivity index is 1.38. The molecule has 28 heavy (non-hydrogen) atoms. The standard InChI is InChI=1S/C23H25N5/c1-16-5-4-12-25-23(16)19-7-2-6-18(26-19)20-15-28-21(8-3-9-22(28)27-20)17-10-13-24-14-11-17/h3-5,8-15,18-19,22,26-27H,2,6-7H2,1H3. The summed E-state index contributed by atoms with van der Waals surface area (Å²) in [6.45, 7) is 2.15. The molecule has 1 fully saturated rings. The molecule has 0 aromatic carbocycles. The van der Waals surface area contributed by atoms with Crippen LogP contribution in [0.2, 0.25) is 0 Å². The van der Waals surface area contributed by atoms with E-state index in [9.17, 15) is 0 Å². The molecular formula is C23H25N5. The Bertz CT molecular complexity index is 946. The summed E-state index contributed by atoms with van der Waals surface area (Å²) in [7, 11) is 0. The Morgan fingerprint density at radius 2 is 1.93 bits per heavy atom. The number of nitrogens with one attached hydrogen (secondary N) is 2. The van der Waals surface area contributed by atoms with Crippen molar-refractivity contribution in [2.75, 3.05) is 0 Å². The van der Waals surface area contributed by atoms with E-state index in [1.807, 2.05) is 24.7 Å². The van der Waals surface area contributed by atoms with Gasteiger partial charge >= 0.3 is 0 Å². The predicted octanol–water partition coefficient (Wildman–Crippen LogP) is 3.65. The van der Waals surface area contributed by atoms with Gasteiger partial charge in [0.2, 0.25) is 0 Å². The molecule has 0 radical (unpaired) electrons. The number of nitrogens with zero attached hydrogens (tertiary/aromatic N) is 3. The van der Waals surface area contributed by atoms with Crippen LogP contribution in [0.3, 0.4) is 0 Å². The SMILES string of the molecule is Cc1cccnc1C1CCCC(C2=CN3C(c4ccncc4)=CC=CC3N2)N1. The zero-order valence-electron chi connectivity index (χ0n) is 16.0. The van der Waals surface area contributed by atoms with Gasteiger partial charge in [-0.25, -0.2) is 0 Å². The molecule has 5 rings (SSSR count). The molecule has 3 atom stereocenters. The summed E-state index contributed by atoms with van der Waals surface area (Å²) >= 11 is 0. The Morgan fingerprint density at radius 3 is 2.79 bits per heavy atom. The number of allylic oxidation sites excluding steroid dienone is 2. The summed E-state index contributed by atoms with van der Waals surface area (Å²) in [5.74, 6) is 0. The summed E-state index contributed by atoms with van der Waals surface area (Å²) in [5.41, 5.74) is 6.08. The second kappa shape index (κ2) is 7.24. The van der Waals surface area contributed by atoms with Gasteiger partial charge in [0.05, 0.1) is 17.4 Å². The maximum Gasteiger partial charge on any atom is 0.123 e. The lowest BCUT2D eigenvalue weighted by Gasteiger charge is -2.32. The molecule has 2 N–H and O–H groups in total. The van der Waals surface area contributed by atoms with Crippen molar-refractivity contribution in [3.63, 3.8) is 0 Å². The van der Waals surface area contributed by atoms with Crippen molar-refractivity contribution in [2.45, 2.75) is 44.4 Å². The smallest absolute Gasteiger partial charge is 0.123 e. The Labute approximate surface area is 165 Å². The van der Waals surface area contributed by atoms with Gasteiger partial charge in [-0.15, -0.1) is 0 Å². The van der Waals surface area contributed by atoms with E-state index in [2.05, 4.69) is 75.1 Å². The van der Waals surface area contributed by atoms with Gasteiger partial charge in [-0.1, -0.05) is 12.1 Å². The third kappa shape index (κ3) is 3.12. The topological polar surface area (TPSA) is 53.1 Å². The molecule has 5 heteroatoms. The third-order valence-corrected chi connectivity index (χ3v) is 5.84. The molecule has 2 aromatic rings. The van der Waals surface area contributed by atoms with E-state index in [1.165, 1.54) is 34.6 Å². The van der Waals surface area contributed by atoms with Gasteiger partial charge < -0.3 is 15.5 Å². The van der Waals surface area contributed by atoms with Gasteiger partial charge in [0.15, 0.2) is 0 Å². The van der Waals surface area contributed by atoms with Crippen molar-refractivity contribution in [3.05, 3.63) is 89.8 Å². The number of aromatic nitrogens is 2. The van der Waals surface area contributed by atoms with Gasteiger partial charge in [0.25, 0.3) is 0 Å². The highest BCUT2D eigenvalue weighted by molar-refractivity contribution is 5.68. The second-order valence-electron chi connectivity index (χ2n) is 7.66. The lowest BCUT2D eigenvalue weighted by molar-refractivity contribution is 0.336. The van der Waals surface area contributed by atoms with Gasteiger partial charge in [0, 0.05) is 42.1 Å². The van der Waals surface area contributed by atoms with E-state index in [4.69, 9.17) is 0 Å². The van der Waals surface area contributed by atoms with Gasteiger partial charge in [-0.2, -0.15) is 0 Å². The lowest BCUT2D eigenvalue weighted by atomic mass is 9.93. The van der Waals surface area contributed by atoms with Crippen molar-refractivity contribution >= 4 is 5.70 Å². The van der Waals surface area contributed by atoms with Crippen LogP contribution in [0.25, 0.3) is 5.70 Å². The monoisotopic (exact) mass is 371 g/mol. The van der Waals surface area contributed by atoms with E-state index in [-0.39, 0.29) is 6.17 Å². The van der Waals surface area contributed by atoms with Crippen LogP contribution in [-0.4, -0.2) is 27.1 Å². The third-order valence-electron chi connectivity index (χ3n) is 5.84. The molecule has 5 heterocycles. The molecule has 0 spiro atoms. The fraction of sp³-hybridized carbons (Fsp3) is 0.304. The molecule has 2 aromatic heterocycles. The molecule has 1 saturated heterocycles. The number of hydrogen-bond donors (Lipinski definition) is 2. The molecule has 0 bridgehead atoms. The first kappa shape index (κ1) is 17.2. The molecule has 0 amide bonds. The zero-order chi connectivity index (χ0) is 18.9. The average molecular weight is 371 g/mol. The quantitative estimate of drug-likeness (QED) is 0.863. The van der Waals surface area contributed by atoms with Gasteiger partial charge in [0.1, 0.15) is 6.17 Å². The molecule has 0 saturated carbocycles. The number of pyridine rings is 2. The fourth-order valence-electron chi connectivity index (χ4n) is 4.42. The van der Waals surface area contributed by atoms with Crippen molar-refractivity contribution in [1.82, 2.24) is 25.5 Å². The number of aryl methyl sites for hydroxylation is 1. The minimum Gasteiger partial charge on any atom is -0.363 e. The normalized spacial score (nSPS) is 26.3. The van der Waals surface area contributed by atoms with E-state index >= 15 is 0 Å². The molecule has 0 aliphatic carbocycles. The maximum atomic E-state index is 4.65. The van der Waals surface area contributed by atoms with Gasteiger partial charge in [-0.3, -0.25) is 9.97 Å². The number of rotatable bonds is 3. The highest BCUT2D eigenvalue weighted by Gasteiger charge is 2.33. The van der Waals surface area contributed by atoms with Crippen LogP contribution in [0.1, 0.15) is 42.1 Å². The lowest BCUT2D eigenvalue weighted by Crippen LogP contribution is -2.43. The molecular weight excluding hydrogens is 346 g/mol. The number of hydrogen-bond acceptors (Lipinski definition) is 5. The van der Waals surface area contributed by atoms with Gasteiger partial charge in [-0.05, 0) is 62.1 Å². The predicted molar refractivity (Wildman–Crippen MR) is 111 cm³/mol. The fourth-order valence-corrected chi connectivity index (χ4v) is 4.42. The van der Waals surface area contributed by atoms with E-state index in [0.717, 1.165) is 12.8 Å². The minimum absolute atomic E-state index is 0.168. The Morgan fingerprint density at radius 1 is 1.07 bits per heavy atom. The van der Waals surface area contributed by atoms with Crippen LogP contribution in [-0.2, 0) is 0 Å². The summed E-state index contributed by atoms with van der Waals surface area (Å²) in [4.78, 5) is 11.1. The first-order valence-electron chi connectivity index (χ1n) is 10.0. The van der Waals surface area contributed by atoms with Crippen molar-refractivity contribution in [3.8, 4) is 0 Å². The number of piperidine rings is 1. The summed E-state index contributed by atoms with van der Waals surface area (Å²) < 4.78 is 0. The van der Waals surface area contributed by atoms with Crippen LogP contribution in [0.4, 0.5) is 0 Å². The highest BCUT2D eigenvalue weighted by Crippen LogP contribution is 2.33. The average Bonchev–Trinajstić information content (AvgIpc) is 3.19. The largest absolute Gasteiger partial charge is 0.363 e. The first-order chi connectivity index (χ1) is 13.8. The highest BCUT2D eigenvalue weighted by atomic mass is 15.3.